The van der Waals surface area contributed by atoms with Gasteiger partial charge in [-0.1, -0.05) is 0 Å². The lowest BCUT2D eigenvalue weighted by Crippen LogP contribution is -2.31. The Hall–Kier alpha value is -2.24. The van der Waals surface area contributed by atoms with Gasteiger partial charge in [-0.25, -0.2) is 0 Å². The highest BCUT2D eigenvalue weighted by Crippen LogP contribution is 2.53. The second-order valence-corrected chi connectivity index (χ2v) is 6.59. The van der Waals surface area contributed by atoms with Crippen molar-refractivity contribution in [3.8, 4) is 11.5 Å². The molecule has 1 aromatic rings. The lowest BCUT2D eigenvalue weighted by molar-refractivity contribution is -0.145. The fraction of sp³-hybridized carbons (Fsp3) is 0.579. The lowest BCUT2D eigenvalue weighted by atomic mass is 10.1. The van der Waals surface area contributed by atoms with Gasteiger partial charge in [-0.05, 0) is 37.3 Å². The molecular weight excluding hydrogens is 322 g/mol. The number of benzene rings is 1. The minimum atomic E-state index is -0.143. The van der Waals surface area contributed by atoms with Crippen LogP contribution >= 0.6 is 0 Å². The number of ether oxygens (including phenoxy) is 3. The number of nitrogens with zero attached hydrogens (tertiary/aromatic N) is 1. The molecule has 0 radical (unpaired) electrons. The van der Waals surface area contributed by atoms with Crippen molar-refractivity contribution in [1.82, 2.24) is 4.90 Å². The zero-order valence-electron chi connectivity index (χ0n) is 15.0. The minimum Gasteiger partial charge on any atom is -0.497 e. The van der Waals surface area contributed by atoms with Crippen LogP contribution in [0.3, 0.4) is 0 Å². The summed E-state index contributed by atoms with van der Waals surface area (Å²) in [6, 6.07) is 5.62. The van der Waals surface area contributed by atoms with Crippen molar-refractivity contribution >= 4 is 11.9 Å². The predicted octanol–water partition coefficient (Wildman–Crippen LogP) is 2.25. The van der Waals surface area contributed by atoms with Gasteiger partial charge in [0.15, 0.2) is 0 Å². The van der Waals surface area contributed by atoms with Gasteiger partial charge in [0.1, 0.15) is 11.5 Å². The van der Waals surface area contributed by atoms with Gasteiger partial charge in [0.25, 0.3) is 0 Å². The summed E-state index contributed by atoms with van der Waals surface area (Å²) in [5, 5.41) is 0. The summed E-state index contributed by atoms with van der Waals surface area (Å²) < 4.78 is 15.8. The molecule has 1 saturated heterocycles. The fourth-order valence-corrected chi connectivity index (χ4v) is 3.82. The third-order valence-electron chi connectivity index (χ3n) is 5.24. The van der Waals surface area contributed by atoms with E-state index in [0.717, 1.165) is 17.7 Å². The molecule has 3 atom stereocenters. The van der Waals surface area contributed by atoms with Gasteiger partial charge in [-0.15, -0.1) is 0 Å². The number of carbonyl (C=O) groups excluding carboxylic acids is 2. The Balaban J connectivity index is 1.65. The summed E-state index contributed by atoms with van der Waals surface area (Å²) in [5.41, 5.74) is 0.953. The third kappa shape index (κ3) is 3.57. The van der Waals surface area contributed by atoms with Crippen LogP contribution in [-0.4, -0.2) is 44.1 Å². The average molecular weight is 347 g/mol. The van der Waals surface area contributed by atoms with Crippen LogP contribution in [0.5, 0.6) is 11.5 Å². The molecule has 0 spiro atoms. The maximum atomic E-state index is 12.6. The Labute approximate surface area is 148 Å². The van der Waals surface area contributed by atoms with Crippen LogP contribution in [0, 0.1) is 17.8 Å². The van der Waals surface area contributed by atoms with Gasteiger partial charge in [-0.3, -0.25) is 9.59 Å². The summed E-state index contributed by atoms with van der Waals surface area (Å²) in [5.74, 6) is 1.74. The Morgan fingerprint density at radius 2 is 2.04 bits per heavy atom. The highest BCUT2D eigenvalue weighted by Gasteiger charge is 2.57. The van der Waals surface area contributed by atoms with Crippen molar-refractivity contribution in [2.75, 3.05) is 27.4 Å². The van der Waals surface area contributed by atoms with Gasteiger partial charge in [0, 0.05) is 31.1 Å². The van der Waals surface area contributed by atoms with E-state index < -0.39 is 0 Å². The molecule has 2 aliphatic rings. The van der Waals surface area contributed by atoms with Crippen LogP contribution in [0.1, 0.15) is 25.3 Å². The van der Waals surface area contributed by atoms with Crippen molar-refractivity contribution in [3.63, 3.8) is 0 Å². The minimum absolute atomic E-state index is 0.0819. The number of methoxy groups -OCH3 is 2. The van der Waals surface area contributed by atoms with Gasteiger partial charge in [0.2, 0.25) is 5.91 Å². The molecule has 0 N–H and O–H groups in total. The number of hydrogen-bond donors (Lipinski definition) is 0. The SMILES string of the molecule is CCOC(=O)[C@H]1[C@@H]2CC(=O)N(Cc3ccc(OC)cc3OC)CC[C@@H]21. The van der Waals surface area contributed by atoms with Crippen LogP contribution in [0.15, 0.2) is 18.2 Å². The van der Waals surface area contributed by atoms with Crippen LogP contribution in [0.2, 0.25) is 0 Å². The summed E-state index contributed by atoms with van der Waals surface area (Å²) >= 11 is 0. The normalized spacial score (nSPS) is 25.0. The molecule has 6 nitrogen and oxygen atoms in total. The summed E-state index contributed by atoms with van der Waals surface area (Å²) in [6.45, 7) is 3.37. The molecule has 1 aromatic carbocycles. The zero-order chi connectivity index (χ0) is 18.0. The quantitative estimate of drug-likeness (QED) is 0.739. The molecule has 1 heterocycles. The first-order chi connectivity index (χ1) is 12.1. The maximum absolute atomic E-state index is 12.6. The standard InChI is InChI=1S/C19H25NO5/c1-4-25-19(22)18-14-7-8-20(17(21)10-15(14)18)11-12-5-6-13(23-2)9-16(12)24-3/h5-6,9,14-15,18H,4,7-8,10-11H2,1-3H3/t14-,15+,18+/m0/s1. The first-order valence-corrected chi connectivity index (χ1v) is 8.74. The molecule has 25 heavy (non-hydrogen) atoms. The first-order valence-electron chi connectivity index (χ1n) is 8.74. The molecule has 3 rings (SSSR count). The van der Waals surface area contributed by atoms with Gasteiger partial charge >= 0.3 is 5.97 Å². The smallest absolute Gasteiger partial charge is 0.309 e. The zero-order valence-corrected chi connectivity index (χ0v) is 15.0. The monoisotopic (exact) mass is 347 g/mol. The number of likely N-dealkylation sites (tertiary alicyclic amines) is 1. The largest absolute Gasteiger partial charge is 0.497 e. The average Bonchev–Trinajstić information content (AvgIpc) is 3.32. The molecule has 1 saturated carbocycles. The van der Waals surface area contributed by atoms with E-state index in [9.17, 15) is 9.59 Å². The highest BCUT2D eigenvalue weighted by atomic mass is 16.5. The van der Waals surface area contributed by atoms with Crippen LogP contribution < -0.4 is 9.47 Å². The molecule has 0 aromatic heterocycles. The van der Waals surface area contributed by atoms with E-state index >= 15 is 0 Å². The van der Waals surface area contributed by atoms with Gasteiger partial charge < -0.3 is 19.1 Å². The van der Waals surface area contributed by atoms with Gasteiger partial charge in [-0.2, -0.15) is 0 Å². The molecular formula is C19H25NO5. The molecule has 0 bridgehead atoms. The van der Waals surface area contributed by atoms with Crippen LogP contribution in [-0.2, 0) is 20.9 Å². The van der Waals surface area contributed by atoms with E-state index in [2.05, 4.69) is 0 Å². The molecule has 2 fully saturated rings. The van der Waals surface area contributed by atoms with Crippen LogP contribution in [0.4, 0.5) is 0 Å². The number of fused-ring (bicyclic) bond motifs is 1. The summed E-state index contributed by atoms with van der Waals surface area (Å²) in [6.07, 6.45) is 1.27. The highest BCUT2D eigenvalue weighted by molar-refractivity contribution is 5.82. The lowest BCUT2D eigenvalue weighted by Gasteiger charge is -2.23. The molecule has 1 amide bonds. The Morgan fingerprint density at radius 1 is 1.24 bits per heavy atom. The van der Waals surface area contributed by atoms with Crippen molar-refractivity contribution in [2.24, 2.45) is 17.8 Å². The molecule has 136 valence electrons. The number of hydrogen-bond acceptors (Lipinski definition) is 5. The Bertz CT molecular complexity index is 659. The maximum Gasteiger partial charge on any atom is 0.309 e. The Morgan fingerprint density at radius 3 is 2.72 bits per heavy atom. The van der Waals surface area contributed by atoms with Crippen LogP contribution in [0.25, 0.3) is 0 Å². The van der Waals surface area contributed by atoms with Crippen molar-refractivity contribution < 1.29 is 23.8 Å². The van der Waals surface area contributed by atoms with Gasteiger partial charge in [0.05, 0.1) is 26.7 Å². The molecule has 1 aliphatic carbocycles. The van der Waals surface area contributed by atoms with Crippen molar-refractivity contribution in [3.05, 3.63) is 23.8 Å². The number of rotatable bonds is 6. The number of amides is 1. The first kappa shape index (κ1) is 17.6. The van der Waals surface area contributed by atoms with E-state index in [1.807, 2.05) is 30.0 Å². The topological polar surface area (TPSA) is 65.1 Å². The number of carbonyl (C=O) groups is 2. The second kappa shape index (κ2) is 7.33. The van der Waals surface area contributed by atoms with E-state index in [1.165, 1.54) is 0 Å². The third-order valence-corrected chi connectivity index (χ3v) is 5.24. The van der Waals surface area contributed by atoms with E-state index in [0.29, 0.717) is 31.9 Å². The second-order valence-electron chi connectivity index (χ2n) is 6.59. The number of esters is 1. The van der Waals surface area contributed by atoms with Crippen molar-refractivity contribution in [2.45, 2.75) is 26.3 Å². The van der Waals surface area contributed by atoms with Crippen molar-refractivity contribution in [1.29, 1.82) is 0 Å². The Kier molecular flexibility index (Phi) is 5.16. The molecule has 0 unspecified atom stereocenters. The summed E-state index contributed by atoms with van der Waals surface area (Å²) in [4.78, 5) is 26.4. The fourth-order valence-electron chi connectivity index (χ4n) is 3.82. The van der Waals surface area contributed by atoms with E-state index in [-0.39, 0.29) is 29.6 Å². The van der Waals surface area contributed by atoms with E-state index in [4.69, 9.17) is 14.2 Å². The summed E-state index contributed by atoms with van der Waals surface area (Å²) in [7, 11) is 3.22. The molecule has 6 heteroatoms. The predicted molar refractivity (Wildman–Crippen MR) is 91.3 cm³/mol. The van der Waals surface area contributed by atoms with E-state index in [1.54, 1.807) is 14.2 Å². The molecule has 1 aliphatic heterocycles.